The minimum absolute atomic E-state index is 0.0521. The van der Waals surface area contributed by atoms with E-state index in [2.05, 4.69) is 9.71 Å². The van der Waals surface area contributed by atoms with Gasteiger partial charge in [-0.2, -0.15) is 0 Å². The molecule has 116 valence electrons. The van der Waals surface area contributed by atoms with Crippen molar-refractivity contribution in [2.24, 2.45) is 4.40 Å². The first-order valence-electron chi connectivity index (χ1n) is 6.44. The molecular formula is C13H12ClN3O3S2. The van der Waals surface area contributed by atoms with Crippen LogP contribution in [0.5, 0.6) is 0 Å². The number of sulfonamides is 1. The summed E-state index contributed by atoms with van der Waals surface area (Å²) >= 11 is 7.25. The van der Waals surface area contributed by atoms with Crippen LogP contribution in [0.3, 0.4) is 0 Å². The average molecular weight is 358 g/mol. The van der Waals surface area contributed by atoms with E-state index < -0.39 is 10.0 Å². The van der Waals surface area contributed by atoms with Gasteiger partial charge in [0.25, 0.3) is 15.9 Å². The van der Waals surface area contributed by atoms with Crippen molar-refractivity contribution >= 4 is 44.7 Å². The second kappa shape index (κ2) is 5.86. The number of nitrogens with one attached hydrogen (secondary N) is 1. The molecule has 0 bridgehead atoms. The Morgan fingerprint density at radius 2 is 2.23 bits per heavy atom. The highest BCUT2D eigenvalue weighted by Crippen LogP contribution is 2.21. The van der Waals surface area contributed by atoms with Crippen molar-refractivity contribution in [1.82, 2.24) is 10.2 Å². The Labute approximate surface area is 136 Å². The number of hydrogen-bond donors (Lipinski definition) is 1. The predicted molar refractivity (Wildman–Crippen MR) is 86.3 cm³/mol. The van der Waals surface area contributed by atoms with Gasteiger partial charge in [-0.25, -0.2) is 8.42 Å². The molecule has 0 aromatic carbocycles. The number of amidine groups is 1. The molecule has 1 amide bonds. The van der Waals surface area contributed by atoms with Gasteiger partial charge in [-0.15, -0.1) is 15.7 Å². The van der Waals surface area contributed by atoms with E-state index in [9.17, 15) is 13.2 Å². The molecule has 1 N–H and O–H groups in total. The summed E-state index contributed by atoms with van der Waals surface area (Å²) in [4.78, 5) is 14.8. The van der Waals surface area contributed by atoms with E-state index in [0.717, 1.165) is 4.88 Å². The van der Waals surface area contributed by atoms with Crippen LogP contribution >= 0.6 is 22.9 Å². The molecule has 6 nitrogen and oxygen atoms in total. The van der Waals surface area contributed by atoms with Crippen LogP contribution in [-0.4, -0.2) is 37.4 Å². The highest BCUT2D eigenvalue weighted by molar-refractivity contribution is 7.90. The number of fused-ring (bicyclic) bond motifs is 1. The highest BCUT2D eigenvalue weighted by Gasteiger charge is 2.24. The summed E-state index contributed by atoms with van der Waals surface area (Å²) in [5.74, 6) is 0.0600. The van der Waals surface area contributed by atoms with Crippen molar-refractivity contribution < 1.29 is 13.2 Å². The largest absolute Gasteiger partial charge is 0.347 e. The van der Waals surface area contributed by atoms with Crippen molar-refractivity contribution in [1.29, 1.82) is 0 Å². The van der Waals surface area contributed by atoms with Crippen LogP contribution in [0.25, 0.3) is 0 Å². The van der Waals surface area contributed by atoms with Gasteiger partial charge in [0.15, 0.2) is 0 Å². The maximum atomic E-state index is 12.1. The van der Waals surface area contributed by atoms with Crippen LogP contribution in [0, 0.1) is 0 Å². The number of hydrogen-bond acceptors (Lipinski definition) is 5. The van der Waals surface area contributed by atoms with E-state index in [4.69, 9.17) is 11.6 Å². The minimum Gasteiger partial charge on any atom is -0.347 e. The summed E-state index contributed by atoms with van der Waals surface area (Å²) in [5, 5.41) is 2.80. The first-order valence-corrected chi connectivity index (χ1v) is 9.25. The molecule has 0 atom stereocenters. The lowest BCUT2D eigenvalue weighted by Gasteiger charge is -2.26. The molecule has 22 heavy (non-hydrogen) atoms. The summed E-state index contributed by atoms with van der Waals surface area (Å²) in [6, 6.07) is 3.64. The molecule has 0 saturated heterocycles. The van der Waals surface area contributed by atoms with Gasteiger partial charge >= 0.3 is 0 Å². The third-order valence-electron chi connectivity index (χ3n) is 3.14. The summed E-state index contributed by atoms with van der Waals surface area (Å²) in [6.45, 7) is 0.694. The lowest BCUT2D eigenvalue weighted by molar-refractivity contribution is -0.117. The van der Waals surface area contributed by atoms with Gasteiger partial charge in [0, 0.05) is 17.6 Å². The van der Waals surface area contributed by atoms with Crippen molar-refractivity contribution in [3.05, 3.63) is 45.3 Å². The molecule has 3 heterocycles. The number of nitrogens with zero attached hydrogens (tertiary/aromatic N) is 2. The van der Waals surface area contributed by atoms with E-state index in [1.165, 1.54) is 17.4 Å². The Bertz CT molecular complexity index is 808. The van der Waals surface area contributed by atoms with Crippen LogP contribution in [-0.2, 0) is 21.4 Å². The first kappa shape index (κ1) is 15.3. The standard InChI is InChI=1S/C13H12ClN3O3S2/c14-11-3-2-10(21-11)7-15-13(18)9-1-4-12-16-22(19,20)6-5-17(12)8-9/h1-4,8H,5-7H2,(H,15,18). The van der Waals surface area contributed by atoms with Gasteiger partial charge in [-0.3, -0.25) is 4.79 Å². The predicted octanol–water partition coefficient (Wildman–Crippen LogP) is 1.52. The zero-order valence-corrected chi connectivity index (χ0v) is 13.7. The Hall–Kier alpha value is -1.64. The van der Waals surface area contributed by atoms with Gasteiger partial charge in [0.1, 0.15) is 5.84 Å². The molecule has 0 saturated carbocycles. The number of rotatable bonds is 3. The fraction of sp³-hybridized carbons (Fsp3) is 0.231. The number of amides is 1. The fourth-order valence-electron chi connectivity index (χ4n) is 2.05. The SMILES string of the molecule is O=C(NCc1ccc(Cl)s1)C1=CN2CCS(=O)(=O)N=C2C=C1. The Balaban J connectivity index is 1.67. The van der Waals surface area contributed by atoms with E-state index in [0.29, 0.717) is 28.8 Å². The molecule has 1 aromatic rings. The van der Waals surface area contributed by atoms with Crippen molar-refractivity contribution in [3.63, 3.8) is 0 Å². The van der Waals surface area contributed by atoms with Crippen LogP contribution in [0.1, 0.15) is 4.88 Å². The van der Waals surface area contributed by atoms with Crippen LogP contribution in [0.4, 0.5) is 0 Å². The van der Waals surface area contributed by atoms with Gasteiger partial charge in [-0.05, 0) is 24.3 Å². The minimum atomic E-state index is -3.38. The number of carbonyl (C=O) groups is 1. The molecule has 2 aliphatic rings. The van der Waals surface area contributed by atoms with Crippen molar-refractivity contribution in [3.8, 4) is 0 Å². The Kier molecular flexibility index (Phi) is 4.07. The quantitative estimate of drug-likeness (QED) is 0.889. The lowest BCUT2D eigenvalue weighted by Crippen LogP contribution is -2.38. The van der Waals surface area contributed by atoms with E-state index >= 15 is 0 Å². The third-order valence-corrected chi connectivity index (χ3v) is 5.53. The second-order valence-electron chi connectivity index (χ2n) is 4.74. The summed E-state index contributed by atoms with van der Waals surface area (Å²) in [5.41, 5.74) is 0.459. The van der Waals surface area contributed by atoms with Gasteiger partial charge in [0.05, 0.1) is 22.2 Å². The van der Waals surface area contributed by atoms with Crippen LogP contribution in [0.2, 0.25) is 4.34 Å². The van der Waals surface area contributed by atoms with E-state index in [-0.39, 0.29) is 11.7 Å². The zero-order valence-electron chi connectivity index (χ0n) is 11.3. The fourth-order valence-corrected chi connectivity index (χ4v) is 4.05. The maximum absolute atomic E-state index is 12.1. The first-order chi connectivity index (χ1) is 10.4. The highest BCUT2D eigenvalue weighted by atomic mass is 35.5. The summed E-state index contributed by atoms with van der Waals surface area (Å²) in [7, 11) is -3.38. The van der Waals surface area contributed by atoms with Crippen molar-refractivity contribution in [2.45, 2.75) is 6.54 Å². The Morgan fingerprint density at radius 3 is 2.95 bits per heavy atom. The number of halogens is 1. The molecule has 0 radical (unpaired) electrons. The summed E-state index contributed by atoms with van der Waals surface area (Å²) < 4.78 is 27.2. The van der Waals surface area contributed by atoms with Crippen LogP contribution < -0.4 is 5.32 Å². The van der Waals surface area contributed by atoms with Gasteiger partial charge in [0.2, 0.25) is 0 Å². The molecule has 0 aliphatic carbocycles. The monoisotopic (exact) mass is 357 g/mol. The topological polar surface area (TPSA) is 78.8 Å². The Morgan fingerprint density at radius 1 is 1.41 bits per heavy atom. The van der Waals surface area contributed by atoms with Gasteiger partial charge in [-0.1, -0.05) is 11.6 Å². The van der Waals surface area contributed by atoms with Crippen LogP contribution in [0.15, 0.2) is 40.5 Å². The smallest absolute Gasteiger partial charge is 0.256 e. The second-order valence-corrected chi connectivity index (χ2v) is 8.29. The molecule has 2 aliphatic heterocycles. The molecule has 9 heteroatoms. The molecule has 3 rings (SSSR count). The summed E-state index contributed by atoms with van der Waals surface area (Å²) in [6.07, 6.45) is 4.71. The number of carbonyl (C=O) groups excluding carboxylic acids is 1. The molecule has 0 unspecified atom stereocenters. The zero-order chi connectivity index (χ0) is 15.7. The number of thiophene rings is 1. The third kappa shape index (κ3) is 3.40. The lowest BCUT2D eigenvalue weighted by atomic mass is 10.2. The molecular weight excluding hydrogens is 346 g/mol. The van der Waals surface area contributed by atoms with E-state index in [1.807, 2.05) is 6.07 Å². The van der Waals surface area contributed by atoms with Gasteiger partial charge < -0.3 is 10.2 Å². The average Bonchev–Trinajstić information content (AvgIpc) is 2.89. The normalized spacial score (nSPS) is 19.2. The molecule has 1 aromatic heterocycles. The maximum Gasteiger partial charge on any atom is 0.256 e. The van der Waals surface area contributed by atoms with Crippen molar-refractivity contribution in [2.75, 3.05) is 12.3 Å². The molecule has 0 fully saturated rings. The molecule has 0 spiro atoms. The van der Waals surface area contributed by atoms with E-state index in [1.54, 1.807) is 23.2 Å².